The number of furan rings is 2. The van der Waals surface area contributed by atoms with Crippen LogP contribution in [0.25, 0.3) is 57.0 Å². The van der Waals surface area contributed by atoms with Crippen LogP contribution in [0.2, 0.25) is 0 Å². The van der Waals surface area contributed by atoms with E-state index in [2.05, 4.69) is 20.4 Å². The maximum Gasteiger partial charge on any atom is 0.306 e. The summed E-state index contributed by atoms with van der Waals surface area (Å²) >= 11 is 0. The number of hydrogen-bond acceptors (Lipinski definition) is 10. The quantitative estimate of drug-likeness (QED) is 0.370. The molecule has 0 spiro atoms. The van der Waals surface area contributed by atoms with Crippen molar-refractivity contribution in [3.63, 3.8) is 0 Å². The molecule has 0 fully saturated rings. The Balaban J connectivity index is 1.31. The summed E-state index contributed by atoms with van der Waals surface area (Å²) in [6.45, 7) is 0. The normalized spacial score (nSPS) is 11.4. The summed E-state index contributed by atoms with van der Waals surface area (Å²) in [5, 5.41) is 17.7. The second-order valence-electron chi connectivity index (χ2n) is 6.85. The zero-order valence-electron chi connectivity index (χ0n) is 16.9. The highest BCUT2D eigenvalue weighted by atomic mass is 16.5. The molecule has 10 nitrogen and oxygen atoms in total. The standard InChI is InChI=1S/C22H14N4O6/c1-27-13-3-5-15-11(7-13)9-17(29-15)19-23-25-21(31-19)22-26-24-20(32-22)18-10-12-8-14(28-2)4-6-16(12)30-18/h3-10H,1-2H3. The minimum absolute atomic E-state index is 0.0644. The van der Waals surface area contributed by atoms with Crippen molar-refractivity contribution in [2.24, 2.45) is 0 Å². The molecule has 0 aliphatic carbocycles. The molecule has 4 heterocycles. The van der Waals surface area contributed by atoms with Gasteiger partial charge in [0.25, 0.3) is 11.8 Å². The van der Waals surface area contributed by atoms with E-state index in [0.717, 1.165) is 22.3 Å². The molecule has 0 aliphatic rings. The van der Waals surface area contributed by atoms with E-state index < -0.39 is 0 Å². The number of ether oxygens (including phenoxy) is 2. The molecule has 6 rings (SSSR count). The van der Waals surface area contributed by atoms with E-state index in [0.29, 0.717) is 22.7 Å². The van der Waals surface area contributed by atoms with Gasteiger partial charge in [-0.2, -0.15) is 0 Å². The lowest BCUT2D eigenvalue weighted by Crippen LogP contribution is -1.79. The Bertz CT molecular complexity index is 1460. The van der Waals surface area contributed by atoms with Gasteiger partial charge in [-0.05, 0) is 48.5 Å². The van der Waals surface area contributed by atoms with Gasteiger partial charge in [0, 0.05) is 10.8 Å². The highest BCUT2D eigenvalue weighted by molar-refractivity contribution is 5.83. The molecule has 4 aromatic heterocycles. The van der Waals surface area contributed by atoms with Crippen molar-refractivity contribution < 1.29 is 27.1 Å². The van der Waals surface area contributed by atoms with Crippen LogP contribution in [0, 0.1) is 0 Å². The van der Waals surface area contributed by atoms with E-state index in [1.807, 2.05) is 36.4 Å². The van der Waals surface area contributed by atoms with Crippen LogP contribution in [-0.4, -0.2) is 34.6 Å². The summed E-state index contributed by atoms with van der Waals surface area (Å²) in [6.07, 6.45) is 0. The van der Waals surface area contributed by atoms with E-state index in [1.54, 1.807) is 26.4 Å². The third-order valence-corrected chi connectivity index (χ3v) is 4.90. The smallest absolute Gasteiger partial charge is 0.306 e. The van der Waals surface area contributed by atoms with Gasteiger partial charge in [-0.15, -0.1) is 20.4 Å². The average Bonchev–Trinajstić information content (AvgIpc) is 3.61. The first-order valence-corrected chi connectivity index (χ1v) is 9.53. The minimum Gasteiger partial charge on any atom is -0.497 e. The summed E-state index contributed by atoms with van der Waals surface area (Å²) in [6, 6.07) is 14.5. The fraction of sp³-hybridized carbons (Fsp3) is 0.0909. The molecule has 6 aromatic rings. The average molecular weight is 430 g/mol. The maximum absolute atomic E-state index is 5.79. The zero-order valence-corrected chi connectivity index (χ0v) is 16.9. The van der Waals surface area contributed by atoms with Gasteiger partial charge in [0.2, 0.25) is 0 Å². The highest BCUT2D eigenvalue weighted by Gasteiger charge is 2.21. The summed E-state index contributed by atoms with van der Waals surface area (Å²) in [5.74, 6) is 2.77. The number of benzene rings is 2. The molecular formula is C22H14N4O6. The van der Waals surface area contributed by atoms with Crippen molar-refractivity contribution in [2.75, 3.05) is 14.2 Å². The third-order valence-electron chi connectivity index (χ3n) is 4.90. The Hall–Kier alpha value is -4.60. The number of methoxy groups -OCH3 is 2. The van der Waals surface area contributed by atoms with Crippen molar-refractivity contribution in [3.8, 4) is 46.6 Å². The Morgan fingerprint density at radius 3 is 1.41 bits per heavy atom. The lowest BCUT2D eigenvalue weighted by atomic mass is 10.2. The summed E-state index contributed by atoms with van der Waals surface area (Å²) < 4.78 is 33.4. The summed E-state index contributed by atoms with van der Waals surface area (Å²) in [5.41, 5.74) is 1.34. The Morgan fingerprint density at radius 1 is 0.531 bits per heavy atom. The molecule has 2 aromatic carbocycles. The van der Waals surface area contributed by atoms with Gasteiger partial charge >= 0.3 is 11.8 Å². The molecule has 0 amide bonds. The highest BCUT2D eigenvalue weighted by Crippen LogP contribution is 2.33. The molecule has 0 N–H and O–H groups in total. The van der Waals surface area contributed by atoms with Gasteiger partial charge in [0.15, 0.2) is 11.5 Å². The minimum atomic E-state index is 0.0644. The van der Waals surface area contributed by atoms with Crippen LogP contribution in [-0.2, 0) is 0 Å². The fourth-order valence-corrected chi connectivity index (χ4v) is 3.33. The number of rotatable bonds is 5. The van der Waals surface area contributed by atoms with Gasteiger partial charge in [0.05, 0.1) is 14.2 Å². The number of nitrogens with zero attached hydrogens (tertiary/aromatic N) is 4. The zero-order chi connectivity index (χ0) is 21.7. The van der Waals surface area contributed by atoms with Gasteiger partial charge in [-0.1, -0.05) is 0 Å². The first-order valence-electron chi connectivity index (χ1n) is 9.53. The molecule has 32 heavy (non-hydrogen) atoms. The predicted octanol–water partition coefficient (Wildman–Crippen LogP) is 4.96. The van der Waals surface area contributed by atoms with E-state index >= 15 is 0 Å². The summed E-state index contributed by atoms with van der Waals surface area (Å²) in [7, 11) is 3.21. The van der Waals surface area contributed by atoms with Crippen LogP contribution in [0.3, 0.4) is 0 Å². The topological polar surface area (TPSA) is 123 Å². The van der Waals surface area contributed by atoms with Crippen molar-refractivity contribution >= 4 is 21.9 Å². The molecule has 10 heteroatoms. The van der Waals surface area contributed by atoms with E-state index in [9.17, 15) is 0 Å². The van der Waals surface area contributed by atoms with Crippen LogP contribution in [0.15, 0.2) is 66.2 Å². The van der Waals surface area contributed by atoms with Crippen LogP contribution in [0.1, 0.15) is 0 Å². The van der Waals surface area contributed by atoms with Crippen molar-refractivity contribution in [3.05, 3.63) is 48.5 Å². The van der Waals surface area contributed by atoms with Crippen molar-refractivity contribution in [2.45, 2.75) is 0 Å². The summed E-state index contributed by atoms with van der Waals surface area (Å²) in [4.78, 5) is 0. The first kappa shape index (κ1) is 18.2. The molecule has 0 radical (unpaired) electrons. The first-order chi connectivity index (χ1) is 15.7. The third kappa shape index (κ3) is 2.97. The largest absolute Gasteiger partial charge is 0.497 e. The predicted molar refractivity (Wildman–Crippen MR) is 111 cm³/mol. The molecule has 0 unspecified atom stereocenters. The fourth-order valence-electron chi connectivity index (χ4n) is 3.33. The molecule has 0 aliphatic heterocycles. The second-order valence-corrected chi connectivity index (χ2v) is 6.85. The van der Waals surface area contributed by atoms with Crippen LogP contribution in [0.4, 0.5) is 0 Å². The van der Waals surface area contributed by atoms with E-state index in [1.165, 1.54) is 0 Å². The Morgan fingerprint density at radius 2 is 0.969 bits per heavy atom. The number of fused-ring (bicyclic) bond motifs is 2. The Kier molecular flexibility index (Phi) is 3.97. The van der Waals surface area contributed by atoms with E-state index in [4.69, 9.17) is 27.1 Å². The number of hydrogen-bond donors (Lipinski definition) is 0. The second kappa shape index (κ2) is 6.98. The van der Waals surface area contributed by atoms with Crippen molar-refractivity contribution in [1.29, 1.82) is 0 Å². The molecule has 158 valence electrons. The lowest BCUT2D eigenvalue weighted by Gasteiger charge is -1.96. The monoisotopic (exact) mass is 430 g/mol. The molecule has 0 saturated carbocycles. The molecule has 0 atom stereocenters. The SMILES string of the molecule is COc1ccc2oc(-c3nnc(-c4nnc(-c5cc6cc(OC)ccc6o5)o4)o3)cc2c1. The van der Waals surface area contributed by atoms with Gasteiger partial charge in [-0.3, -0.25) is 0 Å². The van der Waals surface area contributed by atoms with Gasteiger partial charge in [-0.25, -0.2) is 0 Å². The molecule has 0 saturated heterocycles. The van der Waals surface area contributed by atoms with Crippen LogP contribution >= 0.6 is 0 Å². The van der Waals surface area contributed by atoms with Crippen LogP contribution < -0.4 is 9.47 Å². The number of aromatic nitrogens is 4. The van der Waals surface area contributed by atoms with E-state index in [-0.39, 0.29) is 23.6 Å². The lowest BCUT2D eigenvalue weighted by molar-refractivity contribution is 0.415. The van der Waals surface area contributed by atoms with Crippen molar-refractivity contribution in [1.82, 2.24) is 20.4 Å². The molecule has 0 bridgehead atoms. The van der Waals surface area contributed by atoms with Gasteiger partial charge in [0.1, 0.15) is 22.7 Å². The van der Waals surface area contributed by atoms with Crippen LogP contribution in [0.5, 0.6) is 11.5 Å². The Labute approximate surface area is 179 Å². The molecular weight excluding hydrogens is 416 g/mol. The van der Waals surface area contributed by atoms with Gasteiger partial charge < -0.3 is 27.1 Å². The maximum atomic E-state index is 5.79.